The second-order valence-corrected chi connectivity index (χ2v) is 7.53. The fourth-order valence-corrected chi connectivity index (χ4v) is 4.25. The molecule has 0 aromatic heterocycles. The van der Waals surface area contributed by atoms with Crippen LogP contribution in [0.25, 0.3) is 0 Å². The van der Waals surface area contributed by atoms with E-state index in [2.05, 4.69) is 12.1 Å². The van der Waals surface area contributed by atoms with Gasteiger partial charge in [0.1, 0.15) is 11.2 Å². The predicted octanol–water partition coefficient (Wildman–Crippen LogP) is 3.84. The number of hydrogen-bond donors (Lipinski definition) is 0. The molecule has 0 amide bonds. The third kappa shape index (κ3) is 4.58. The van der Waals surface area contributed by atoms with Crippen LogP contribution in [0.3, 0.4) is 0 Å². The van der Waals surface area contributed by atoms with E-state index < -0.39 is 11.2 Å². The summed E-state index contributed by atoms with van der Waals surface area (Å²) in [4.78, 5) is 25.9. The van der Waals surface area contributed by atoms with Crippen LogP contribution in [0.5, 0.6) is 0 Å². The highest BCUT2D eigenvalue weighted by atomic mass is 16.7. The SMILES string of the molecule is CCOC(=O)C1(CCCCc2ccccc2)CCC2(CCC1=O)OCCO2. The van der Waals surface area contributed by atoms with E-state index in [0.29, 0.717) is 45.3 Å². The summed E-state index contributed by atoms with van der Waals surface area (Å²) in [7, 11) is 0. The third-order valence-electron chi connectivity index (χ3n) is 5.84. The average molecular weight is 374 g/mol. The van der Waals surface area contributed by atoms with Crippen molar-refractivity contribution in [2.75, 3.05) is 19.8 Å². The van der Waals surface area contributed by atoms with Gasteiger partial charge in [0.15, 0.2) is 5.79 Å². The van der Waals surface area contributed by atoms with Crippen molar-refractivity contribution >= 4 is 11.8 Å². The lowest BCUT2D eigenvalue weighted by molar-refractivity contribution is -0.169. The molecule has 27 heavy (non-hydrogen) atoms. The molecular formula is C22H30O5. The second-order valence-electron chi connectivity index (χ2n) is 7.53. The maximum absolute atomic E-state index is 13.0. The summed E-state index contributed by atoms with van der Waals surface area (Å²) >= 11 is 0. The molecule has 1 aliphatic heterocycles. The normalized spacial score (nSPS) is 24.7. The van der Waals surface area contributed by atoms with Crippen molar-refractivity contribution in [3.05, 3.63) is 35.9 Å². The van der Waals surface area contributed by atoms with E-state index in [4.69, 9.17) is 14.2 Å². The Balaban J connectivity index is 1.67. The molecule has 1 aromatic carbocycles. The fraction of sp³-hybridized carbons (Fsp3) is 0.636. The second kappa shape index (κ2) is 8.98. The van der Waals surface area contributed by atoms with Crippen LogP contribution < -0.4 is 0 Å². The van der Waals surface area contributed by atoms with Crippen molar-refractivity contribution in [1.29, 1.82) is 0 Å². The molecule has 2 fully saturated rings. The van der Waals surface area contributed by atoms with E-state index in [0.717, 1.165) is 19.3 Å². The molecule has 1 aromatic rings. The topological polar surface area (TPSA) is 61.8 Å². The van der Waals surface area contributed by atoms with Crippen molar-refractivity contribution in [2.24, 2.45) is 5.41 Å². The Morgan fingerprint density at radius 3 is 2.52 bits per heavy atom. The average Bonchev–Trinajstić information content (AvgIpc) is 3.10. The van der Waals surface area contributed by atoms with Crippen LogP contribution in [-0.4, -0.2) is 37.4 Å². The first-order valence-corrected chi connectivity index (χ1v) is 10.1. The first kappa shape index (κ1) is 20.0. The summed E-state index contributed by atoms with van der Waals surface area (Å²) in [6.45, 7) is 3.18. The first-order chi connectivity index (χ1) is 13.1. The van der Waals surface area contributed by atoms with Gasteiger partial charge in [-0.15, -0.1) is 0 Å². The van der Waals surface area contributed by atoms with Crippen molar-refractivity contribution in [2.45, 2.75) is 64.1 Å². The Hall–Kier alpha value is -1.72. The lowest BCUT2D eigenvalue weighted by atomic mass is 9.75. The first-order valence-electron chi connectivity index (χ1n) is 10.1. The molecule has 0 bridgehead atoms. The summed E-state index contributed by atoms with van der Waals surface area (Å²) in [6.07, 6.45) is 5.07. The molecule has 1 saturated carbocycles. The highest BCUT2D eigenvalue weighted by Crippen LogP contribution is 2.44. The maximum atomic E-state index is 13.0. The number of rotatable bonds is 7. The van der Waals surface area contributed by atoms with Crippen molar-refractivity contribution in [3.63, 3.8) is 0 Å². The number of benzene rings is 1. The van der Waals surface area contributed by atoms with Crippen LogP contribution >= 0.6 is 0 Å². The minimum atomic E-state index is -1.05. The van der Waals surface area contributed by atoms with Crippen LogP contribution in [0.2, 0.25) is 0 Å². The van der Waals surface area contributed by atoms with E-state index in [9.17, 15) is 9.59 Å². The molecule has 1 unspecified atom stereocenters. The number of esters is 1. The van der Waals surface area contributed by atoms with Gasteiger partial charge in [0, 0.05) is 19.3 Å². The lowest BCUT2D eigenvalue weighted by Gasteiger charge is -2.30. The van der Waals surface area contributed by atoms with Gasteiger partial charge in [0.2, 0.25) is 0 Å². The van der Waals surface area contributed by atoms with Gasteiger partial charge in [-0.25, -0.2) is 0 Å². The smallest absolute Gasteiger partial charge is 0.319 e. The molecule has 3 rings (SSSR count). The minimum absolute atomic E-state index is 0.0170. The van der Waals surface area contributed by atoms with E-state index >= 15 is 0 Å². The van der Waals surface area contributed by atoms with Gasteiger partial charge in [0.25, 0.3) is 0 Å². The Kier molecular flexibility index (Phi) is 6.66. The summed E-state index contributed by atoms with van der Waals surface area (Å²) in [5.74, 6) is -1.07. The minimum Gasteiger partial charge on any atom is -0.465 e. The van der Waals surface area contributed by atoms with E-state index in [-0.39, 0.29) is 18.4 Å². The van der Waals surface area contributed by atoms with Gasteiger partial charge in [-0.05, 0) is 38.2 Å². The van der Waals surface area contributed by atoms with Gasteiger partial charge in [0.05, 0.1) is 19.8 Å². The molecule has 2 aliphatic rings. The summed E-state index contributed by atoms with van der Waals surface area (Å²) in [5, 5.41) is 0. The molecule has 1 aliphatic carbocycles. The van der Waals surface area contributed by atoms with Crippen molar-refractivity contribution < 1.29 is 23.8 Å². The van der Waals surface area contributed by atoms with Gasteiger partial charge >= 0.3 is 5.97 Å². The zero-order chi connectivity index (χ0) is 19.2. The number of carbonyl (C=O) groups is 2. The van der Waals surface area contributed by atoms with Crippen LogP contribution in [0, 0.1) is 5.41 Å². The number of ketones is 1. The van der Waals surface area contributed by atoms with Crippen LogP contribution in [0.15, 0.2) is 30.3 Å². The third-order valence-corrected chi connectivity index (χ3v) is 5.84. The van der Waals surface area contributed by atoms with Gasteiger partial charge in [-0.1, -0.05) is 36.8 Å². The number of aryl methyl sites for hydroxylation is 1. The number of ether oxygens (including phenoxy) is 3. The molecule has 148 valence electrons. The Bertz CT molecular complexity index is 635. The number of hydrogen-bond acceptors (Lipinski definition) is 5. The zero-order valence-electron chi connectivity index (χ0n) is 16.2. The Labute approximate surface area is 161 Å². The van der Waals surface area contributed by atoms with Crippen LogP contribution in [0.4, 0.5) is 0 Å². The molecule has 1 atom stereocenters. The molecule has 0 radical (unpaired) electrons. The Morgan fingerprint density at radius 1 is 1.07 bits per heavy atom. The summed E-state index contributed by atoms with van der Waals surface area (Å²) in [6, 6.07) is 10.3. The van der Waals surface area contributed by atoms with Crippen LogP contribution in [-0.2, 0) is 30.2 Å². The summed E-state index contributed by atoms with van der Waals surface area (Å²) in [5.41, 5.74) is 0.229. The number of carbonyl (C=O) groups excluding carboxylic acids is 2. The Morgan fingerprint density at radius 2 is 1.81 bits per heavy atom. The van der Waals surface area contributed by atoms with E-state index in [1.165, 1.54) is 5.56 Å². The zero-order valence-corrected chi connectivity index (χ0v) is 16.2. The standard InChI is InChI=1S/C22H30O5/c1-2-25-20(24)21(12-7-6-10-18-8-4-3-5-9-18)14-15-22(13-11-19(21)23)26-16-17-27-22/h3-5,8-9H,2,6-7,10-17H2,1H3. The maximum Gasteiger partial charge on any atom is 0.319 e. The highest BCUT2D eigenvalue weighted by molar-refractivity contribution is 6.04. The van der Waals surface area contributed by atoms with Gasteiger partial charge < -0.3 is 14.2 Å². The lowest BCUT2D eigenvalue weighted by Crippen LogP contribution is -2.40. The highest BCUT2D eigenvalue weighted by Gasteiger charge is 2.52. The molecule has 1 spiro atoms. The molecule has 5 nitrogen and oxygen atoms in total. The van der Waals surface area contributed by atoms with Crippen molar-refractivity contribution in [1.82, 2.24) is 0 Å². The number of unbranched alkanes of at least 4 members (excludes halogenated alkanes) is 1. The van der Waals surface area contributed by atoms with Crippen molar-refractivity contribution in [3.8, 4) is 0 Å². The monoisotopic (exact) mass is 374 g/mol. The van der Waals surface area contributed by atoms with Gasteiger partial charge in [-0.2, -0.15) is 0 Å². The molecule has 1 saturated heterocycles. The summed E-state index contributed by atoms with van der Waals surface area (Å²) < 4.78 is 16.9. The number of Topliss-reactive ketones (excluding diaryl/α,β-unsaturated/α-hetero) is 1. The molecule has 0 N–H and O–H groups in total. The largest absolute Gasteiger partial charge is 0.465 e. The predicted molar refractivity (Wildman–Crippen MR) is 101 cm³/mol. The van der Waals surface area contributed by atoms with Gasteiger partial charge in [-0.3, -0.25) is 9.59 Å². The van der Waals surface area contributed by atoms with E-state index in [1.807, 2.05) is 18.2 Å². The fourth-order valence-electron chi connectivity index (χ4n) is 4.25. The molecule has 5 heteroatoms. The van der Waals surface area contributed by atoms with Crippen LogP contribution in [0.1, 0.15) is 57.4 Å². The molecular weight excluding hydrogens is 344 g/mol. The van der Waals surface area contributed by atoms with E-state index in [1.54, 1.807) is 6.92 Å². The quantitative estimate of drug-likeness (QED) is 0.412. The molecule has 1 heterocycles.